The van der Waals surface area contributed by atoms with Crippen LogP contribution in [0.2, 0.25) is 0 Å². The molecule has 7 saturated carbocycles. The molecule has 0 nitrogen and oxygen atoms in total. The normalized spacial score (nSPS) is 35.2. The minimum Gasteiger partial charge on any atom is -0.0654 e. The average molecular weight is 898 g/mol. The Bertz CT molecular complexity index is 1100. The fraction of sp³-hybridized carbons (Fsp3) is 1.00. The van der Waals surface area contributed by atoms with Crippen molar-refractivity contribution in [3.05, 3.63) is 0 Å². The second kappa shape index (κ2) is 30.6. The van der Waals surface area contributed by atoms with Crippen molar-refractivity contribution in [2.45, 2.75) is 349 Å². The van der Waals surface area contributed by atoms with Crippen molar-refractivity contribution in [1.29, 1.82) is 0 Å². The molecule has 8 atom stereocenters. The molecule has 0 bridgehead atoms. The lowest BCUT2D eigenvalue weighted by Crippen LogP contribution is -2.18. The van der Waals surface area contributed by atoms with E-state index in [2.05, 4.69) is 125 Å². The summed E-state index contributed by atoms with van der Waals surface area (Å²) in [7, 11) is 0. The van der Waals surface area contributed by atoms with E-state index in [-0.39, 0.29) is 0 Å². The SMILES string of the molecule is CCC1(C)CCC(C)C1.CCC1(C)CCCC1.CCC1(C)CCCC1C.CCCC1(C)CCC(C)C1.CCCC1(C)CCCC1.CCCC1(C)CCCC1.CCCC1(C)CCCC1C. The van der Waals surface area contributed by atoms with E-state index in [4.69, 9.17) is 0 Å². The first-order chi connectivity index (χ1) is 30.0. The van der Waals surface area contributed by atoms with Crippen LogP contribution in [-0.2, 0) is 0 Å². The molecule has 0 aromatic heterocycles. The minimum absolute atomic E-state index is 0.694. The Balaban J connectivity index is 0.000000374. The lowest BCUT2D eigenvalue weighted by atomic mass is 9.77. The predicted octanol–water partition coefficient (Wildman–Crippen LogP) is 23.4. The van der Waals surface area contributed by atoms with Gasteiger partial charge in [-0.15, -0.1) is 0 Å². The molecule has 8 unspecified atom stereocenters. The maximum atomic E-state index is 2.47. The minimum atomic E-state index is 0.694. The lowest BCUT2D eigenvalue weighted by molar-refractivity contribution is 0.223. The van der Waals surface area contributed by atoms with Crippen LogP contribution in [-0.4, -0.2) is 0 Å². The zero-order valence-corrected chi connectivity index (χ0v) is 48.6. The van der Waals surface area contributed by atoms with Gasteiger partial charge in [0.1, 0.15) is 0 Å². The Morgan fingerprint density at radius 2 is 0.625 bits per heavy atom. The van der Waals surface area contributed by atoms with Gasteiger partial charge in [-0.3, -0.25) is 0 Å². The Morgan fingerprint density at radius 3 is 0.859 bits per heavy atom. The Hall–Kier alpha value is 0. The Kier molecular flexibility index (Phi) is 29.6. The van der Waals surface area contributed by atoms with E-state index in [1.165, 1.54) is 225 Å². The summed E-state index contributed by atoms with van der Waals surface area (Å²) in [6, 6.07) is 0. The van der Waals surface area contributed by atoms with Crippen LogP contribution in [0.3, 0.4) is 0 Å². The van der Waals surface area contributed by atoms with Crippen LogP contribution < -0.4 is 0 Å². The molecule has 0 aromatic rings. The first-order valence-corrected chi connectivity index (χ1v) is 30.0. The van der Waals surface area contributed by atoms with Crippen LogP contribution in [0.25, 0.3) is 0 Å². The molecule has 0 heterocycles. The Morgan fingerprint density at radius 1 is 0.297 bits per heavy atom. The monoisotopic (exact) mass is 897 g/mol. The van der Waals surface area contributed by atoms with Crippen molar-refractivity contribution in [2.75, 3.05) is 0 Å². The van der Waals surface area contributed by atoms with Gasteiger partial charge in [-0.05, 0) is 164 Å². The van der Waals surface area contributed by atoms with Crippen LogP contribution in [0.5, 0.6) is 0 Å². The summed E-state index contributed by atoms with van der Waals surface area (Å²) >= 11 is 0. The van der Waals surface area contributed by atoms with Gasteiger partial charge in [0.2, 0.25) is 0 Å². The highest BCUT2D eigenvalue weighted by atomic mass is 14.4. The second-order valence-electron chi connectivity index (χ2n) is 27.3. The van der Waals surface area contributed by atoms with Crippen molar-refractivity contribution in [3.63, 3.8) is 0 Å². The van der Waals surface area contributed by atoms with Crippen molar-refractivity contribution in [2.24, 2.45) is 61.6 Å². The van der Waals surface area contributed by atoms with E-state index in [9.17, 15) is 0 Å². The van der Waals surface area contributed by atoms with Crippen molar-refractivity contribution in [1.82, 2.24) is 0 Å². The molecule has 0 N–H and O–H groups in total. The third-order valence-corrected chi connectivity index (χ3v) is 20.6. The summed E-state index contributed by atoms with van der Waals surface area (Å²) in [5.41, 5.74) is 5.05. The van der Waals surface area contributed by atoms with Crippen LogP contribution in [0.4, 0.5) is 0 Å². The molecule has 7 fully saturated rings. The van der Waals surface area contributed by atoms with E-state index in [1.807, 2.05) is 0 Å². The van der Waals surface area contributed by atoms with Crippen molar-refractivity contribution < 1.29 is 0 Å². The largest absolute Gasteiger partial charge is 0.0654 e. The zero-order valence-electron chi connectivity index (χ0n) is 48.6. The molecular weight excluding hydrogens is 769 g/mol. The van der Waals surface area contributed by atoms with E-state index >= 15 is 0 Å². The van der Waals surface area contributed by atoms with Crippen LogP contribution >= 0.6 is 0 Å². The molecule has 7 rings (SSSR count). The standard InChI is InChI=1S/2C10H20.4C9H18.C8H16/c1-4-7-10(3)8-5-6-9(10)2;1-4-6-10(3)7-5-9(2)8-10;1-4-9(3)6-5-8(2)7-9;1-4-9(3)7-5-6-8(9)2;2*1-3-6-9(2)7-4-5-8-9;1-3-8(2)6-4-5-7-8/h2*9H,4-8H2,1-3H3;2*8H,4-7H2,1-3H3;2*3-8H2,1-2H3;3-7H2,1-2H3. The van der Waals surface area contributed by atoms with Gasteiger partial charge >= 0.3 is 0 Å². The highest BCUT2D eigenvalue weighted by Gasteiger charge is 2.36. The van der Waals surface area contributed by atoms with Gasteiger partial charge in [0, 0.05) is 0 Å². The highest BCUT2D eigenvalue weighted by molar-refractivity contribution is 4.87. The van der Waals surface area contributed by atoms with Gasteiger partial charge in [0.05, 0.1) is 0 Å². The molecule has 7 aliphatic rings. The third kappa shape index (κ3) is 23.1. The van der Waals surface area contributed by atoms with E-state index in [1.54, 1.807) is 0 Å². The molecule has 0 saturated heterocycles. The molecule has 7 aliphatic carbocycles. The zero-order chi connectivity index (χ0) is 48.6. The molecular formula is C64H128. The fourth-order valence-electron chi connectivity index (χ4n) is 14.5. The molecule has 0 radical (unpaired) electrons. The number of hydrogen-bond donors (Lipinski definition) is 0. The van der Waals surface area contributed by atoms with Gasteiger partial charge in [0.25, 0.3) is 0 Å². The molecule has 64 heavy (non-hydrogen) atoms. The van der Waals surface area contributed by atoms with E-state index < -0.39 is 0 Å². The maximum absolute atomic E-state index is 2.47. The summed E-state index contributed by atoms with van der Waals surface area (Å²) in [5.74, 6) is 3.95. The topological polar surface area (TPSA) is 0 Å². The maximum Gasteiger partial charge on any atom is -0.0300 e. The summed E-state index contributed by atoms with van der Waals surface area (Å²) in [4.78, 5) is 0. The van der Waals surface area contributed by atoms with E-state index in [0.29, 0.717) is 21.7 Å². The molecule has 0 aromatic carbocycles. The summed E-state index contributed by atoms with van der Waals surface area (Å²) in [6.45, 7) is 42.8. The molecule has 0 aliphatic heterocycles. The van der Waals surface area contributed by atoms with E-state index in [0.717, 1.165) is 39.9 Å². The molecule has 0 heteroatoms. The van der Waals surface area contributed by atoms with Crippen molar-refractivity contribution >= 4 is 0 Å². The first kappa shape index (κ1) is 62.0. The Labute approximate surface area is 409 Å². The summed E-state index contributed by atoms with van der Waals surface area (Å²) in [5, 5.41) is 0. The van der Waals surface area contributed by atoms with Gasteiger partial charge in [-0.2, -0.15) is 0 Å². The average Bonchev–Trinajstić information content (AvgIpc) is 4.15. The number of hydrogen-bond acceptors (Lipinski definition) is 0. The third-order valence-electron chi connectivity index (χ3n) is 20.6. The van der Waals surface area contributed by atoms with Gasteiger partial charge in [-0.1, -0.05) is 247 Å². The molecule has 0 spiro atoms. The van der Waals surface area contributed by atoms with Crippen LogP contribution in [0.1, 0.15) is 349 Å². The van der Waals surface area contributed by atoms with Crippen LogP contribution in [0.15, 0.2) is 0 Å². The fourth-order valence-corrected chi connectivity index (χ4v) is 14.5. The highest BCUT2D eigenvalue weighted by Crippen LogP contribution is 2.48. The second-order valence-corrected chi connectivity index (χ2v) is 27.3. The number of rotatable bonds is 11. The van der Waals surface area contributed by atoms with Gasteiger partial charge < -0.3 is 0 Å². The smallest absolute Gasteiger partial charge is 0.0300 e. The lowest BCUT2D eigenvalue weighted by Gasteiger charge is -2.28. The van der Waals surface area contributed by atoms with Gasteiger partial charge in [-0.25, -0.2) is 0 Å². The van der Waals surface area contributed by atoms with Crippen molar-refractivity contribution in [3.8, 4) is 0 Å². The quantitative estimate of drug-likeness (QED) is 0.194. The summed E-state index contributed by atoms with van der Waals surface area (Å²) < 4.78 is 0. The van der Waals surface area contributed by atoms with Crippen LogP contribution in [0, 0.1) is 61.6 Å². The molecule has 384 valence electrons. The summed E-state index contributed by atoms with van der Waals surface area (Å²) in [6.07, 6.45) is 50.8. The predicted molar refractivity (Wildman–Crippen MR) is 295 cm³/mol. The first-order valence-electron chi connectivity index (χ1n) is 30.0. The van der Waals surface area contributed by atoms with Gasteiger partial charge in [0.15, 0.2) is 0 Å². The molecule has 0 amide bonds.